The van der Waals surface area contributed by atoms with Crippen molar-refractivity contribution in [1.29, 1.82) is 0 Å². The molecule has 0 aromatic rings. The number of aliphatic hydroxyl groups is 1. The molecule has 13 heteroatoms. The Kier molecular flexibility index (Phi) is 11.0. The molecule has 4 unspecified atom stereocenters. The van der Waals surface area contributed by atoms with E-state index in [1.165, 1.54) is 6.92 Å². The number of carbonyl (C=O) groups is 5. The molecule has 0 bridgehead atoms. The van der Waals surface area contributed by atoms with Crippen molar-refractivity contribution in [2.24, 2.45) is 11.5 Å². The van der Waals surface area contributed by atoms with E-state index in [0.29, 0.717) is 0 Å². The minimum atomic E-state index is -1.44. The fraction of sp³-hybridized carbons (Fsp3) is 0.643. The van der Waals surface area contributed by atoms with Gasteiger partial charge in [0.05, 0.1) is 12.1 Å². The lowest BCUT2D eigenvalue weighted by molar-refractivity contribution is -0.139. The number of aliphatic hydroxyl groups excluding tert-OH is 1. The first-order valence-corrected chi connectivity index (χ1v) is 8.55. The molecule has 27 heavy (non-hydrogen) atoms. The monoisotopic (exact) mass is 407 g/mol. The summed E-state index contributed by atoms with van der Waals surface area (Å²) < 4.78 is 0. The van der Waals surface area contributed by atoms with Crippen LogP contribution in [0.5, 0.6) is 0 Å². The lowest BCUT2D eigenvalue weighted by Gasteiger charge is -2.24. The van der Waals surface area contributed by atoms with Gasteiger partial charge in [-0.25, -0.2) is 0 Å². The topological polar surface area (TPSA) is 214 Å². The molecule has 0 saturated carbocycles. The third kappa shape index (κ3) is 9.77. The zero-order valence-electron chi connectivity index (χ0n) is 14.7. The molecule has 12 nitrogen and oxygen atoms in total. The number of nitrogens with two attached hydrogens (primary N) is 2. The third-order valence-corrected chi connectivity index (χ3v) is 3.70. The molecule has 0 heterocycles. The SMILES string of the molecule is CC(O)C(NC(=O)C(CS)NC(=O)C(N)CCC(N)=O)C(=O)NCC(=O)O. The molecule has 0 rings (SSSR count). The second-order valence-corrected chi connectivity index (χ2v) is 6.06. The zero-order chi connectivity index (χ0) is 21.1. The van der Waals surface area contributed by atoms with Crippen molar-refractivity contribution in [3.8, 4) is 0 Å². The number of carboxylic acids is 1. The molecule has 0 aromatic heterocycles. The van der Waals surface area contributed by atoms with Gasteiger partial charge in [-0.15, -0.1) is 0 Å². The molecule has 0 aliphatic carbocycles. The van der Waals surface area contributed by atoms with Gasteiger partial charge in [-0.05, 0) is 13.3 Å². The van der Waals surface area contributed by atoms with Gasteiger partial charge < -0.3 is 37.6 Å². The maximum atomic E-state index is 12.3. The van der Waals surface area contributed by atoms with Gasteiger partial charge in [-0.1, -0.05) is 0 Å². The number of primary amides is 1. The van der Waals surface area contributed by atoms with E-state index in [4.69, 9.17) is 16.6 Å². The average molecular weight is 407 g/mol. The van der Waals surface area contributed by atoms with Crippen LogP contribution in [0.15, 0.2) is 0 Å². The minimum Gasteiger partial charge on any atom is -0.480 e. The summed E-state index contributed by atoms with van der Waals surface area (Å²) in [4.78, 5) is 57.3. The van der Waals surface area contributed by atoms with E-state index in [1.807, 2.05) is 5.32 Å². The van der Waals surface area contributed by atoms with E-state index in [0.717, 1.165) is 0 Å². The standard InChI is InChI=1S/C14H25N5O7S/c1-6(20)11(14(26)17-4-10(22)23)19-13(25)8(5-27)18-12(24)7(15)2-3-9(16)21/h6-8,11,20,27H,2-5,15H2,1H3,(H2,16,21)(H,17,26)(H,18,24)(H,19,25)(H,22,23). The number of amides is 4. The second kappa shape index (κ2) is 12.1. The smallest absolute Gasteiger partial charge is 0.322 e. The Balaban J connectivity index is 4.87. The summed E-state index contributed by atoms with van der Waals surface area (Å²) in [6.07, 6.45) is -1.47. The molecular formula is C14H25N5O7S. The number of hydrogen-bond donors (Lipinski definition) is 8. The van der Waals surface area contributed by atoms with E-state index in [2.05, 4.69) is 23.3 Å². The number of aliphatic carboxylic acids is 1. The summed E-state index contributed by atoms with van der Waals surface area (Å²) in [6, 6.07) is -3.72. The fourth-order valence-corrected chi connectivity index (χ4v) is 2.09. The van der Waals surface area contributed by atoms with Crippen LogP contribution in [0, 0.1) is 0 Å². The highest BCUT2D eigenvalue weighted by Crippen LogP contribution is 1.99. The first-order valence-electron chi connectivity index (χ1n) is 7.92. The number of hydrogen-bond acceptors (Lipinski definition) is 8. The predicted molar refractivity (Wildman–Crippen MR) is 96.4 cm³/mol. The van der Waals surface area contributed by atoms with Gasteiger partial charge in [0, 0.05) is 12.2 Å². The van der Waals surface area contributed by atoms with Crippen LogP contribution in [-0.4, -0.2) is 76.3 Å². The highest BCUT2D eigenvalue weighted by Gasteiger charge is 2.30. The molecule has 9 N–H and O–H groups in total. The quantitative estimate of drug-likeness (QED) is 0.149. The molecule has 154 valence electrons. The van der Waals surface area contributed by atoms with Crippen LogP contribution in [0.2, 0.25) is 0 Å². The molecule has 4 amide bonds. The Morgan fingerprint density at radius 2 is 1.67 bits per heavy atom. The molecule has 0 radical (unpaired) electrons. The van der Waals surface area contributed by atoms with Gasteiger partial charge in [-0.2, -0.15) is 12.6 Å². The van der Waals surface area contributed by atoms with Crippen LogP contribution in [-0.2, 0) is 24.0 Å². The second-order valence-electron chi connectivity index (χ2n) is 5.69. The molecule has 0 aromatic carbocycles. The van der Waals surface area contributed by atoms with Crippen molar-refractivity contribution in [3.05, 3.63) is 0 Å². The summed E-state index contributed by atoms with van der Waals surface area (Å²) in [5.74, 6) is -4.56. The van der Waals surface area contributed by atoms with E-state index in [9.17, 15) is 29.1 Å². The lowest BCUT2D eigenvalue weighted by Crippen LogP contribution is -2.59. The van der Waals surface area contributed by atoms with E-state index in [1.54, 1.807) is 0 Å². The van der Waals surface area contributed by atoms with Crippen LogP contribution in [0.1, 0.15) is 19.8 Å². The van der Waals surface area contributed by atoms with Crippen molar-refractivity contribution in [2.75, 3.05) is 12.3 Å². The summed E-state index contributed by atoms with van der Waals surface area (Å²) >= 11 is 3.95. The molecule has 0 aliphatic heterocycles. The summed E-state index contributed by atoms with van der Waals surface area (Å²) in [5, 5.41) is 24.8. The zero-order valence-corrected chi connectivity index (χ0v) is 15.6. The average Bonchev–Trinajstić information content (AvgIpc) is 2.58. The van der Waals surface area contributed by atoms with Gasteiger partial charge >= 0.3 is 5.97 Å². The largest absolute Gasteiger partial charge is 0.480 e. The molecule has 4 atom stereocenters. The van der Waals surface area contributed by atoms with Gasteiger partial charge in [0.15, 0.2) is 0 Å². The van der Waals surface area contributed by atoms with Crippen LogP contribution in [0.25, 0.3) is 0 Å². The van der Waals surface area contributed by atoms with Crippen molar-refractivity contribution in [3.63, 3.8) is 0 Å². The number of carbonyl (C=O) groups excluding carboxylic acids is 4. The van der Waals surface area contributed by atoms with Crippen molar-refractivity contribution in [1.82, 2.24) is 16.0 Å². The molecule has 0 aliphatic rings. The first-order chi connectivity index (χ1) is 12.5. The Hall–Kier alpha value is -2.38. The number of thiol groups is 1. The summed E-state index contributed by atoms with van der Waals surface area (Å²) in [7, 11) is 0. The molecule has 0 fully saturated rings. The van der Waals surface area contributed by atoms with E-state index < -0.39 is 60.4 Å². The van der Waals surface area contributed by atoms with Crippen molar-refractivity contribution in [2.45, 2.75) is 44.0 Å². The Morgan fingerprint density at radius 1 is 1.07 bits per heavy atom. The molecule has 0 spiro atoms. The number of carboxylic acid groups (broad SMARTS) is 1. The van der Waals surface area contributed by atoms with Crippen LogP contribution < -0.4 is 27.4 Å². The first kappa shape index (κ1) is 24.6. The van der Waals surface area contributed by atoms with Crippen LogP contribution >= 0.6 is 12.6 Å². The normalized spacial score (nSPS) is 15.0. The van der Waals surface area contributed by atoms with Crippen molar-refractivity contribution < 1.29 is 34.2 Å². The number of rotatable bonds is 12. The van der Waals surface area contributed by atoms with E-state index in [-0.39, 0.29) is 18.6 Å². The highest BCUT2D eigenvalue weighted by molar-refractivity contribution is 7.80. The Morgan fingerprint density at radius 3 is 2.11 bits per heavy atom. The van der Waals surface area contributed by atoms with Gasteiger partial charge in [0.1, 0.15) is 18.6 Å². The minimum absolute atomic E-state index is 0.0179. The number of nitrogens with one attached hydrogen (secondary N) is 3. The summed E-state index contributed by atoms with van der Waals surface area (Å²) in [6.45, 7) is 0.526. The van der Waals surface area contributed by atoms with Gasteiger partial charge in [0.25, 0.3) is 0 Å². The van der Waals surface area contributed by atoms with Gasteiger partial charge in [-0.3, -0.25) is 24.0 Å². The Bertz CT molecular complexity index is 572. The lowest BCUT2D eigenvalue weighted by atomic mass is 10.1. The molecular weight excluding hydrogens is 382 g/mol. The fourth-order valence-electron chi connectivity index (χ4n) is 1.83. The maximum Gasteiger partial charge on any atom is 0.322 e. The van der Waals surface area contributed by atoms with Crippen LogP contribution in [0.3, 0.4) is 0 Å². The van der Waals surface area contributed by atoms with Crippen LogP contribution in [0.4, 0.5) is 0 Å². The highest BCUT2D eigenvalue weighted by atomic mass is 32.1. The maximum absolute atomic E-state index is 12.3. The van der Waals surface area contributed by atoms with Gasteiger partial charge in [0.2, 0.25) is 23.6 Å². The predicted octanol–water partition coefficient (Wildman–Crippen LogP) is -3.94. The molecule has 0 saturated heterocycles. The summed E-state index contributed by atoms with van der Waals surface area (Å²) in [5.41, 5.74) is 10.6. The Labute approximate surface area is 160 Å². The van der Waals surface area contributed by atoms with E-state index >= 15 is 0 Å². The third-order valence-electron chi connectivity index (χ3n) is 3.33. The van der Waals surface area contributed by atoms with Crippen molar-refractivity contribution >= 4 is 42.2 Å².